The van der Waals surface area contributed by atoms with E-state index >= 15 is 0 Å². The van der Waals surface area contributed by atoms with Crippen LogP contribution in [0.1, 0.15) is 12.8 Å². The highest BCUT2D eigenvalue weighted by molar-refractivity contribution is 5.60. The molecule has 0 radical (unpaired) electrons. The van der Waals surface area contributed by atoms with Crippen LogP contribution in [0.5, 0.6) is 0 Å². The lowest BCUT2D eigenvalue weighted by Crippen LogP contribution is -2.06. The van der Waals surface area contributed by atoms with Gasteiger partial charge in [0.05, 0.1) is 12.3 Å². The van der Waals surface area contributed by atoms with E-state index in [1.54, 1.807) is 6.20 Å². The first kappa shape index (κ1) is 13.5. The summed E-state index contributed by atoms with van der Waals surface area (Å²) < 4.78 is 0. The maximum atomic E-state index is 9.21. The van der Waals surface area contributed by atoms with Gasteiger partial charge in [-0.1, -0.05) is 36.4 Å². The van der Waals surface area contributed by atoms with E-state index in [0.717, 1.165) is 35.4 Å². The second-order valence-electron chi connectivity index (χ2n) is 4.92. The van der Waals surface area contributed by atoms with E-state index < -0.39 is 0 Å². The maximum Gasteiger partial charge on any atom is 0.227 e. The average molecular weight is 279 g/mol. The Balaban J connectivity index is 1.81. The van der Waals surface area contributed by atoms with E-state index in [9.17, 15) is 5.11 Å². The third-order valence-electron chi connectivity index (χ3n) is 3.37. The Morgan fingerprint density at radius 1 is 1.14 bits per heavy atom. The Hall–Kier alpha value is -2.46. The van der Waals surface area contributed by atoms with Crippen LogP contribution in [0.4, 0.5) is 5.95 Å². The highest BCUT2D eigenvalue weighted by Gasteiger charge is 2.07. The summed E-state index contributed by atoms with van der Waals surface area (Å²) in [5, 5.41) is 12.4. The summed E-state index contributed by atoms with van der Waals surface area (Å²) in [6.07, 6.45) is 7.64. The zero-order valence-corrected chi connectivity index (χ0v) is 11.7. The molecule has 0 saturated carbocycles. The van der Waals surface area contributed by atoms with Crippen molar-refractivity contribution in [3.05, 3.63) is 66.0 Å². The number of aromatic nitrogens is 2. The van der Waals surface area contributed by atoms with Crippen LogP contribution in [-0.4, -0.2) is 21.7 Å². The molecule has 0 bridgehead atoms. The van der Waals surface area contributed by atoms with Gasteiger partial charge in [0.25, 0.3) is 0 Å². The fourth-order valence-corrected chi connectivity index (χ4v) is 2.29. The molecule has 4 heteroatoms. The van der Waals surface area contributed by atoms with Crippen molar-refractivity contribution in [1.82, 2.24) is 9.97 Å². The van der Waals surface area contributed by atoms with Crippen LogP contribution in [0.2, 0.25) is 0 Å². The second kappa shape index (κ2) is 6.33. The molecule has 0 saturated heterocycles. The smallest absolute Gasteiger partial charge is 0.227 e. The van der Waals surface area contributed by atoms with Crippen molar-refractivity contribution in [1.29, 1.82) is 0 Å². The highest BCUT2D eigenvalue weighted by atomic mass is 16.3. The third kappa shape index (κ3) is 3.35. The molecular formula is C17H17N3O. The maximum absolute atomic E-state index is 9.21. The zero-order chi connectivity index (χ0) is 14.5. The Morgan fingerprint density at radius 3 is 2.81 bits per heavy atom. The van der Waals surface area contributed by atoms with E-state index in [1.165, 1.54) is 0 Å². The molecule has 106 valence electrons. The topological polar surface area (TPSA) is 58.0 Å². The first-order chi connectivity index (χ1) is 10.3. The van der Waals surface area contributed by atoms with Crippen molar-refractivity contribution in [2.75, 3.05) is 11.9 Å². The minimum Gasteiger partial charge on any atom is -0.392 e. The van der Waals surface area contributed by atoms with Crippen molar-refractivity contribution in [2.45, 2.75) is 12.8 Å². The molecule has 0 atom stereocenters. The molecule has 0 spiro atoms. The molecule has 1 aromatic heterocycles. The van der Waals surface area contributed by atoms with Crippen molar-refractivity contribution in [3.63, 3.8) is 0 Å². The van der Waals surface area contributed by atoms with Crippen molar-refractivity contribution in [3.8, 4) is 11.3 Å². The van der Waals surface area contributed by atoms with Crippen molar-refractivity contribution < 1.29 is 5.11 Å². The SMILES string of the molecule is OCC1=CC(Nc2nccc(-c3ccccc3)n2)=CCC1. The molecule has 1 aliphatic carbocycles. The van der Waals surface area contributed by atoms with Crippen LogP contribution < -0.4 is 5.32 Å². The zero-order valence-electron chi connectivity index (χ0n) is 11.7. The predicted molar refractivity (Wildman–Crippen MR) is 83.6 cm³/mol. The minimum atomic E-state index is 0.101. The van der Waals surface area contributed by atoms with Crippen LogP contribution >= 0.6 is 0 Å². The first-order valence-electron chi connectivity index (χ1n) is 7.01. The Morgan fingerprint density at radius 2 is 2.00 bits per heavy atom. The summed E-state index contributed by atoms with van der Waals surface area (Å²) in [6, 6.07) is 11.9. The summed E-state index contributed by atoms with van der Waals surface area (Å²) in [6.45, 7) is 0.101. The van der Waals surface area contributed by atoms with Gasteiger partial charge in [-0.15, -0.1) is 0 Å². The minimum absolute atomic E-state index is 0.101. The number of hydrogen-bond donors (Lipinski definition) is 2. The van der Waals surface area contributed by atoms with Gasteiger partial charge >= 0.3 is 0 Å². The van der Waals surface area contributed by atoms with Crippen LogP contribution in [0.3, 0.4) is 0 Å². The lowest BCUT2D eigenvalue weighted by molar-refractivity contribution is 0.326. The van der Waals surface area contributed by atoms with E-state index in [0.29, 0.717) is 5.95 Å². The van der Waals surface area contributed by atoms with E-state index in [1.807, 2.05) is 42.5 Å². The molecule has 1 heterocycles. The molecule has 2 aromatic rings. The summed E-state index contributed by atoms with van der Waals surface area (Å²) in [5.41, 5.74) is 3.91. The van der Waals surface area contributed by atoms with Crippen molar-refractivity contribution in [2.24, 2.45) is 0 Å². The molecule has 2 N–H and O–H groups in total. The lowest BCUT2D eigenvalue weighted by Gasteiger charge is -2.13. The van der Waals surface area contributed by atoms with E-state index in [-0.39, 0.29) is 6.61 Å². The third-order valence-corrected chi connectivity index (χ3v) is 3.37. The number of anilines is 1. The average Bonchev–Trinajstić information content (AvgIpc) is 2.56. The first-order valence-corrected chi connectivity index (χ1v) is 7.01. The highest BCUT2D eigenvalue weighted by Crippen LogP contribution is 2.20. The molecule has 1 aromatic carbocycles. The quantitative estimate of drug-likeness (QED) is 0.902. The largest absolute Gasteiger partial charge is 0.392 e. The molecule has 0 amide bonds. The standard InChI is InChI=1S/C17H17N3O/c21-12-13-5-4-8-15(11-13)19-17-18-10-9-16(20-17)14-6-2-1-3-7-14/h1-3,6-11,21H,4-5,12H2,(H,18,19,20). The number of allylic oxidation sites excluding steroid dienone is 2. The molecule has 1 aliphatic rings. The summed E-state index contributed by atoms with van der Waals surface area (Å²) in [5.74, 6) is 0.568. The summed E-state index contributed by atoms with van der Waals surface area (Å²) >= 11 is 0. The van der Waals surface area contributed by atoms with Gasteiger partial charge in [0, 0.05) is 17.5 Å². The number of rotatable bonds is 4. The molecule has 21 heavy (non-hydrogen) atoms. The van der Waals surface area contributed by atoms with Crippen LogP contribution in [0.15, 0.2) is 66.0 Å². The van der Waals surface area contributed by atoms with Crippen LogP contribution in [0, 0.1) is 0 Å². The number of aliphatic hydroxyl groups is 1. The molecule has 3 rings (SSSR count). The normalized spacial score (nSPS) is 14.3. The number of nitrogens with zero attached hydrogens (tertiary/aromatic N) is 2. The van der Waals surface area contributed by atoms with E-state index in [2.05, 4.69) is 21.4 Å². The van der Waals surface area contributed by atoms with Gasteiger partial charge < -0.3 is 10.4 Å². The predicted octanol–water partition coefficient (Wildman–Crippen LogP) is 3.15. The fraction of sp³-hybridized carbons (Fsp3) is 0.176. The van der Waals surface area contributed by atoms with Gasteiger partial charge in [-0.05, 0) is 30.6 Å². The van der Waals surface area contributed by atoms with Gasteiger partial charge in [-0.25, -0.2) is 9.97 Å². The Kier molecular flexibility index (Phi) is 4.07. The lowest BCUT2D eigenvalue weighted by atomic mass is 10.0. The number of benzene rings is 1. The number of aliphatic hydroxyl groups excluding tert-OH is 1. The molecule has 0 fully saturated rings. The van der Waals surface area contributed by atoms with Crippen molar-refractivity contribution >= 4 is 5.95 Å². The monoisotopic (exact) mass is 279 g/mol. The number of nitrogens with one attached hydrogen (secondary N) is 1. The molecule has 0 aliphatic heterocycles. The summed E-state index contributed by atoms with van der Waals surface area (Å²) in [7, 11) is 0. The second-order valence-corrected chi connectivity index (χ2v) is 4.92. The number of hydrogen-bond acceptors (Lipinski definition) is 4. The summed E-state index contributed by atoms with van der Waals surface area (Å²) in [4.78, 5) is 8.79. The van der Waals surface area contributed by atoms with Crippen LogP contribution in [0.25, 0.3) is 11.3 Å². The van der Waals surface area contributed by atoms with E-state index in [4.69, 9.17) is 0 Å². The molecule has 4 nitrogen and oxygen atoms in total. The molecular weight excluding hydrogens is 262 g/mol. The Labute approximate surface area is 123 Å². The van der Waals surface area contributed by atoms with Gasteiger partial charge in [0.1, 0.15) is 0 Å². The van der Waals surface area contributed by atoms with Crippen LogP contribution in [-0.2, 0) is 0 Å². The van der Waals surface area contributed by atoms with Gasteiger partial charge in [0.15, 0.2) is 0 Å². The van der Waals surface area contributed by atoms with Gasteiger partial charge in [0.2, 0.25) is 5.95 Å². The molecule has 0 unspecified atom stereocenters. The Bertz CT molecular complexity index is 677. The van der Waals surface area contributed by atoms with Gasteiger partial charge in [-0.2, -0.15) is 0 Å². The van der Waals surface area contributed by atoms with Gasteiger partial charge in [-0.3, -0.25) is 0 Å². The fourth-order valence-electron chi connectivity index (χ4n) is 2.29.